The van der Waals surface area contributed by atoms with E-state index in [2.05, 4.69) is 10.1 Å². The van der Waals surface area contributed by atoms with Gasteiger partial charge >= 0.3 is 0 Å². The molecule has 1 aromatic heterocycles. The van der Waals surface area contributed by atoms with Gasteiger partial charge in [0.1, 0.15) is 18.3 Å². The molecule has 0 amide bonds. The highest BCUT2D eigenvalue weighted by Gasteiger charge is 2.21. The van der Waals surface area contributed by atoms with E-state index in [0.29, 0.717) is 11.4 Å². The molecule has 2 aromatic rings. The third-order valence-electron chi connectivity index (χ3n) is 3.03. The molecule has 1 aromatic carbocycles. The zero-order chi connectivity index (χ0) is 13.8. The van der Waals surface area contributed by atoms with Gasteiger partial charge in [-0.05, 0) is 19.4 Å². The van der Waals surface area contributed by atoms with Crippen molar-refractivity contribution in [1.82, 2.24) is 14.8 Å². The Morgan fingerprint density at radius 1 is 1.16 bits per heavy atom. The number of aliphatic hydroxyl groups is 2. The molecule has 0 saturated carbocycles. The molecule has 0 aliphatic heterocycles. The van der Waals surface area contributed by atoms with Crippen LogP contribution in [0.3, 0.4) is 0 Å². The van der Waals surface area contributed by atoms with Crippen LogP contribution in [0.25, 0.3) is 0 Å². The molecule has 0 aliphatic carbocycles. The molecule has 0 saturated heterocycles. The van der Waals surface area contributed by atoms with Crippen LogP contribution in [-0.4, -0.2) is 31.1 Å². The first-order chi connectivity index (χ1) is 9.09. The Morgan fingerprint density at radius 2 is 1.84 bits per heavy atom. The van der Waals surface area contributed by atoms with E-state index in [1.165, 1.54) is 6.33 Å². The van der Waals surface area contributed by atoms with Gasteiger partial charge in [0.05, 0.1) is 6.10 Å². The van der Waals surface area contributed by atoms with Gasteiger partial charge < -0.3 is 10.2 Å². The minimum absolute atomic E-state index is 0.179. The molecule has 5 heteroatoms. The summed E-state index contributed by atoms with van der Waals surface area (Å²) < 4.78 is 1.75. The molecular weight excluding hydrogens is 242 g/mol. The maximum absolute atomic E-state index is 10.1. The lowest BCUT2D eigenvalue weighted by Gasteiger charge is -2.18. The Hall–Kier alpha value is -1.72. The van der Waals surface area contributed by atoms with E-state index in [1.54, 1.807) is 16.8 Å². The molecule has 0 bridgehead atoms. The van der Waals surface area contributed by atoms with Gasteiger partial charge in [0.25, 0.3) is 0 Å². The summed E-state index contributed by atoms with van der Waals surface area (Å²) in [6, 6.07) is 9.31. The standard InChI is InChI=1S/C14H19N3O2/c1-10(2)17-13(15-9-16-17)8-12(18)14(19)11-6-4-3-5-7-11/h3-7,9-10,12,14,18-19H,8H2,1-2H3. The summed E-state index contributed by atoms with van der Waals surface area (Å²) in [6.07, 6.45) is -0.0758. The fraction of sp³-hybridized carbons (Fsp3) is 0.429. The number of aromatic nitrogens is 3. The number of hydrogen-bond donors (Lipinski definition) is 2. The number of hydrogen-bond acceptors (Lipinski definition) is 4. The molecule has 2 N–H and O–H groups in total. The lowest BCUT2D eigenvalue weighted by atomic mass is 10.0. The molecule has 0 spiro atoms. The number of aliphatic hydroxyl groups excluding tert-OH is 2. The summed E-state index contributed by atoms with van der Waals surface area (Å²) in [6.45, 7) is 4.00. The summed E-state index contributed by atoms with van der Waals surface area (Å²) in [5.74, 6) is 0.678. The molecule has 102 valence electrons. The van der Waals surface area contributed by atoms with Crippen molar-refractivity contribution in [2.75, 3.05) is 0 Å². The Kier molecular flexibility index (Phi) is 4.29. The fourth-order valence-electron chi connectivity index (χ4n) is 2.02. The van der Waals surface area contributed by atoms with Crippen LogP contribution in [0.1, 0.15) is 37.4 Å². The topological polar surface area (TPSA) is 71.2 Å². The van der Waals surface area contributed by atoms with Gasteiger partial charge in [-0.2, -0.15) is 5.10 Å². The van der Waals surface area contributed by atoms with Crippen molar-refractivity contribution in [2.24, 2.45) is 0 Å². The molecule has 0 fully saturated rings. The first-order valence-electron chi connectivity index (χ1n) is 6.39. The lowest BCUT2D eigenvalue weighted by molar-refractivity contribution is 0.0170. The monoisotopic (exact) mass is 261 g/mol. The van der Waals surface area contributed by atoms with Gasteiger partial charge in [0.15, 0.2) is 0 Å². The first-order valence-corrected chi connectivity index (χ1v) is 6.39. The van der Waals surface area contributed by atoms with E-state index in [4.69, 9.17) is 0 Å². The van der Waals surface area contributed by atoms with Crippen molar-refractivity contribution in [3.05, 3.63) is 48.0 Å². The second kappa shape index (κ2) is 5.95. The Labute approximate surface area is 112 Å². The SMILES string of the molecule is CC(C)n1ncnc1CC(O)C(O)c1ccccc1. The largest absolute Gasteiger partial charge is 0.390 e. The Morgan fingerprint density at radius 3 is 2.47 bits per heavy atom. The molecule has 2 atom stereocenters. The van der Waals surface area contributed by atoms with Crippen molar-refractivity contribution < 1.29 is 10.2 Å². The predicted octanol–water partition coefficient (Wildman–Crippen LogP) is 1.50. The third kappa shape index (κ3) is 3.19. The highest BCUT2D eigenvalue weighted by Crippen LogP contribution is 2.19. The zero-order valence-electron chi connectivity index (χ0n) is 11.1. The number of nitrogens with zero attached hydrogens (tertiary/aromatic N) is 3. The van der Waals surface area contributed by atoms with E-state index in [0.717, 1.165) is 0 Å². The summed E-state index contributed by atoms with van der Waals surface area (Å²) in [7, 11) is 0. The highest BCUT2D eigenvalue weighted by molar-refractivity contribution is 5.18. The van der Waals surface area contributed by atoms with Crippen LogP contribution in [0.15, 0.2) is 36.7 Å². The van der Waals surface area contributed by atoms with Crippen molar-refractivity contribution in [3.8, 4) is 0 Å². The van der Waals surface area contributed by atoms with Gasteiger partial charge in [-0.1, -0.05) is 30.3 Å². The van der Waals surface area contributed by atoms with Gasteiger partial charge in [0, 0.05) is 12.5 Å². The molecule has 2 unspecified atom stereocenters. The second-order valence-corrected chi connectivity index (χ2v) is 4.84. The highest BCUT2D eigenvalue weighted by atomic mass is 16.3. The molecule has 0 radical (unpaired) electrons. The van der Waals surface area contributed by atoms with Crippen LogP contribution >= 0.6 is 0 Å². The second-order valence-electron chi connectivity index (χ2n) is 4.84. The van der Waals surface area contributed by atoms with Crippen molar-refractivity contribution in [2.45, 2.75) is 38.5 Å². The summed E-state index contributed by atoms with van der Waals surface area (Å²) in [5.41, 5.74) is 0.700. The maximum Gasteiger partial charge on any atom is 0.138 e. The van der Waals surface area contributed by atoms with E-state index < -0.39 is 12.2 Å². The fourth-order valence-corrected chi connectivity index (χ4v) is 2.02. The Bertz CT molecular complexity index is 510. The normalized spacial score (nSPS) is 14.6. The molecular formula is C14H19N3O2. The van der Waals surface area contributed by atoms with Crippen LogP contribution in [0.4, 0.5) is 0 Å². The average Bonchev–Trinajstić information content (AvgIpc) is 2.87. The van der Waals surface area contributed by atoms with Crippen molar-refractivity contribution in [1.29, 1.82) is 0 Å². The van der Waals surface area contributed by atoms with Crippen molar-refractivity contribution in [3.63, 3.8) is 0 Å². The number of rotatable bonds is 5. The van der Waals surface area contributed by atoms with Crippen LogP contribution in [0.5, 0.6) is 0 Å². The minimum atomic E-state index is -0.918. The van der Waals surface area contributed by atoms with Gasteiger partial charge in [-0.15, -0.1) is 0 Å². The molecule has 2 rings (SSSR count). The predicted molar refractivity (Wildman–Crippen MR) is 71.5 cm³/mol. The van der Waals surface area contributed by atoms with Gasteiger partial charge in [0.2, 0.25) is 0 Å². The smallest absolute Gasteiger partial charge is 0.138 e. The summed E-state index contributed by atoms with van der Waals surface area (Å²) in [4.78, 5) is 4.13. The Balaban J connectivity index is 2.08. The van der Waals surface area contributed by atoms with Gasteiger partial charge in [-0.3, -0.25) is 0 Å². The summed E-state index contributed by atoms with van der Waals surface area (Å²) in [5, 5.41) is 24.3. The molecule has 19 heavy (non-hydrogen) atoms. The summed E-state index contributed by atoms with van der Waals surface area (Å²) >= 11 is 0. The molecule has 0 aliphatic rings. The van der Waals surface area contributed by atoms with Crippen LogP contribution < -0.4 is 0 Å². The third-order valence-corrected chi connectivity index (χ3v) is 3.03. The van der Waals surface area contributed by atoms with Crippen molar-refractivity contribution >= 4 is 0 Å². The maximum atomic E-state index is 10.1. The van der Waals surface area contributed by atoms with Crippen LogP contribution in [0.2, 0.25) is 0 Å². The van der Waals surface area contributed by atoms with E-state index in [9.17, 15) is 10.2 Å². The van der Waals surface area contributed by atoms with E-state index in [1.807, 2.05) is 32.0 Å². The van der Waals surface area contributed by atoms with E-state index >= 15 is 0 Å². The lowest BCUT2D eigenvalue weighted by Crippen LogP contribution is -2.23. The molecule has 1 heterocycles. The quantitative estimate of drug-likeness (QED) is 0.855. The van der Waals surface area contributed by atoms with E-state index in [-0.39, 0.29) is 12.5 Å². The average molecular weight is 261 g/mol. The van der Waals surface area contributed by atoms with Crippen LogP contribution in [0, 0.1) is 0 Å². The minimum Gasteiger partial charge on any atom is -0.390 e. The first kappa shape index (κ1) is 13.7. The van der Waals surface area contributed by atoms with Crippen LogP contribution in [-0.2, 0) is 6.42 Å². The number of benzene rings is 1. The van der Waals surface area contributed by atoms with Gasteiger partial charge in [-0.25, -0.2) is 9.67 Å². The molecule has 5 nitrogen and oxygen atoms in total. The zero-order valence-corrected chi connectivity index (χ0v) is 11.1.